The molecule has 2 saturated carbocycles. The average Bonchev–Trinajstić information content (AvgIpc) is 3.23. The third-order valence-electron chi connectivity index (χ3n) is 5.06. The van der Waals surface area contributed by atoms with Crippen LogP contribution in [-0.4, -0.2) is 55.4 Å². The molecule has 2 N–H and O–H groups in total. The number of esters is 1. The van der Waals surface area contributed by atoms with Crippen molar-refractivity contribution in [2.45, 2.75) is 63.6 Å². The Bertz CT molecular complexity index is 359. The number of carbonyl (C=O) groups is 1. The quantitative estimate of drug-likeness (QED) is 0.689. The van der Waals surface area contributed by atoms with Gasteiger partial charge in [0.25, 0.3) is 0 Å². The Morgan fingerprint density at radius 3 is 2.71 bits per heavy atom. The fourth-order valence-corrected chi connectivity index (χ4v) is 3.56. The van der Waals surface area contributed by atoms with Gasteiger partial charge in [0.1, 0.15) is 5.54 Å². The molecule has 0 spiro atoms. The summed E-state index contributed by atoms with van der Waals surface area (Å²) in [5.74, 6) is 0.565. The van der Waals surface area contributed by atoms with Gasteiger partial charge in [0, 0.05) is 25.7 Å². The van der Waals surface area contributed by atoms with Crippen LogP contribution < -0.4 is 5.73 Å². The Balaban J connectivity index is 1.99. The second-order valence-corrected chi connectivity index (χ2v) is 6.58. The standard InChI is InChI=1S/C16H30N2O3/c1-4-21-15(19)16(17)8-7-14(11-16)18(9-10-20-3)12(2)13-5-6-13/h12-14H,4-11,17H2,1-3H3. The lowest BCUT2D eigenvalue weighted by molar-refractivity contribution is -0.149. The Morgan fingerprint density at radius 2 is 2.14 bits per heavy atom. The molecule has 2 rings (SSSR count). The zero-order valence-corrected chi connectivity index (χ0v) is 13.6. The van der Waals surface area contributed by atoms with E-state index in [1.165, 1.54) is 12.8 Å². The second-order valence-electron chi connectivity index (χ2n) is 6.58. The van der Waals surface area contributed by atoms with Crippen molar-refractivity contribution >= 4 is 5.97 Å². The molecule has 2 aliphatic carbocycles. The van der Waals surface area contributed by atoms with E-state index in [9.17, 15) is 4.79 Å². The minimum absolute atomic E-state index is 0.238. The van der Waals surface area contributed by atoms with Crippen LogP contribution in [0.25, 0.3) is 0 Å². The van der Waals surface area contributed by atoms with Gasteiger partial charge in [-0.2, -0.15) is 0 Å². The maximum absolute atomic E-state index is 12.1. The average molecular weight is 298 g/mol. The van der Waals surface area contributed by atoms with Crippen molar-refractivity contribution in [1.29, 1.82) is 0 Å². The van der Waals surface area contributed by atoms with Gasteiger partial charge in [0.15, 0.2) is 0 Å². The Hall–Kier alpha value is -0.650. The summed E-state index contributed by atoms with van der Waals surface area (Å²) in [5, 5.41) is 0. The molecule has 3 atom stereocenters. The Morgan fingerprint density at radius 1 is 1.43 bits per heavy atom. The minimum atomic E-state index is -0.796. The van der Waals surface area contributed by atoms with Crippen molar-refractivity contribution in [2.75, 3.05) is 26.9 Å². The molecule has 21 heavy (non-hydrogen) atoms. The van der Waals surface area contributed by atoms with Crippen molar-refractivity contribution in [2.24, 2.45) is 11.7 Å². The normalized spacial score (nSPS) is 30.6. The molecular weight excluding hydrogens is 268 g/mol. The number of nitrogens with zero attached hydrogens (tertiary/aromatic N) is 1. The molecular formula is C16H30N2O3. The van der Waals surface area contributed by atoms with E-state index in [2.05, 4.69) is 11.8 Å². The van der Waals surface area contributed by atoms with Crippen molar-refractivity contribution in [3.63, 3.8) is 0 Å². The lowest BCUT2D eigenvalue weighted by Gasteiger charge is -2.35. The first-order valence-electron chi connectivity index (χ1n) is 8.22. The first kappa shape index (κ1) is 16.7. The van der Waals surface area contributed by atoms with Gasteiger partial charge in [0.2, 0.25) is 0 Å². The van der Waals surface area contributed by atoms with Crippen LogP contribution in [0.2, 0.25) is 0 Å². The molecule has 0 saturated heterocycles. The molecule has 122 valence electrons. The van der Waals surface area contributed by atoms with E-state index in [0.29, 0.717) is 25.1 Å². The SMILES string of the molecule is CCOC(=O)C1(N)CCC(N(CCOC)C(C)C2CC2)C1. The summed E-state index contributed by atoms with van der Waals surface area (Å²) in [6.45, 7) is 6.17. The van der Waals surface area contributed by atoms with Gasteiger partial charge in [-0.15, -0.1) is 0 Å². The summed E-state index contributed by atoms with van der Waals surface area (Å²) in [6.07, 6.45) is 5.03. The molecule has 2 aliphatic rings. The van der Waals surface area contributed by atoms with Crippen LogP contribution in [0.3, 0.4) is 0 Å². The first-order valence-corrected chi connectivity index (χ1v) is 8.22. The molecule has 0 amide bonds. The molecule has 0 radical (unpaired) electrons. The molecule has 0 aromatic heterocycles. The van der Waals surface area contributed by atoms with Crippen molar-refractivity contribution in [3.05, 3.63) is 0 Å². The Kier molecular flexibility index (Phi) is 5.63. The van der Waals surface area contributed by atoms with Crippen LogP contribution >= 0.6 is 0 Å². The number of nitrogens with two attached hydrogens (primary N) is 1. The summed E-state index contributed by atoms with van der Waals surface area (Å²) < 4.78 is 10.4. The predicted octanol–water partition coefficient (Wildman–Crippen LogP) is 1.55. The van der Waals surface area contributed by atoms with Gasteiger partial charge in [-0.05, 0) is 51.9 Å². The maximum Gasteiger partial charge on any atom is 0.326 e. The van der Waals surface area contributed by atoms with Gasteiger partial charge in [-0.3, -0.25) is 9.69 Å². The summed E-state index contributed by atoms with van der Waals surface area (Å²) >= 11 is 0. The molecule has 3 unspecified atom stereocenters. The third kappa shape index (κ3) is 3.96. The van der Waals surface area contributed by atoms with Gasteiger partial charge < -0.3 is 15.2 Å². The third-order valence-corrected chi connectivity index (χ3v) is 5.06. The molecule has 0 aliphatic heterocycles. The predicted molar refractivity (Wildman–Crippen MR) is 82.0 cm³/mol. The van der Waals surface area contributed by atoms with E-state index in [1.54, 1.807) is 7.11 Å². The smallest absolute Gasteiger partial charge is 0.326 e. The summed E-state index contributed by atoms with van der Waals surface area (Å²) in [4.78, 5) is 14.6. The van der Waals surface area contributed by atoms with Gasteiger partial charge in [-0.25, -0.2) is 0 Å². The van der Waals surface area contributed by atoms with Crippen LogP contribution in [0, 0.1) is 5.92 Å². The van der Waals surface area contributed by atoms with E-state index in [-0.39, 0.29) is 5.97 Å². The summed E-state index contributed by atoms with van der Waals surface area (Å²) in [5.41, 5.74) is 5.51. The lowest BCUT2D eigenvalue weighted by Crippen LogP contribution is -2.50. The molecule has 0 bridgehead atoms. The topological polar surface area (TPSA) is 64.8 Å². The lowest BCUT2D eigenvalue weighted by atomic mass is 9.98. The largest absolute Gasteiger partial charge is 0.465 e. The van der Waals surface area contributed by atoms with Crippen LogP contribution in [0.4, 0.5) is 0 Å². The van der Waals surface area contributed by atoms with E-state index < -0.39 is 5.54 Å². The van der Waals surface area contributed by atoms with Gasteiger partial charge >= 0.3 is 5.97 Å². The number of hydrogen-bond donors (Lipinski definition) is 1. The molecule has 0 aromatic carbocycles. The second kappa shape index (κ2) is 7.07. The van der Waals surface area contributed by atoms with E-state index >= 15 is 0 Å². The summed E-state index contributed by atoms with van der Waals surface area (Å²) in [7, 11) is 1.74. The number of rotatable bonds is 8. The van der Waals surface area contributed by atoms with Crippen LogP contribution in [0.15, 0.2) is 0 Å². The molecule has 5 heteroatoms. The minimum Gasteiger partial charge on any atom is -0.465 e. The fourth-order valence-electron chi connectivity index (χ4n) is 3.56. The van der Waals surface area contributed by atoms with E-state index in [0.717, 1.165) is 31.9 Å². The highest BCUT2D eigenvalue weighted by Gasteiger charge is 2.46. The number of ether oxygens (including phenoxy) is 2. The highest BCUT2D eigenvalue weighted by atomic mass is 16.5. The van der Waals surface area contributed by atoms with Crippen molar-refractivity contribution < 1.29 is 14.3 Å². The highest BCUT2D eigenvalue weighted by molar-refractivity contribution is 5.81. The zero-order valence-electron chi connectivity index (χ0n) is 13.6. The monoisotopic (exact) mass is 298 g/mol. The maximum atomic E-state index is 12.1. The fraction of sp³-hybridized carbons (Fsp3) is 0.938. The molecule has 2 fully saturated rings. The van der Waals surface area contributed by atoms with Crippen LogP contribution in [-0.2, 0) is 14.3 Å². The number of methoxy groups -OCH3 is 1. The molecule has 0 heterocycles. The highest BCUT2D eigenvalue weighted by Crippen LogP contribution is 2.39. The zero-order chi connectivity index (χ0) is 15.5. The van der Waals surface area contributed by atoms with E-state index in [1.807, 2.05) is 6.92 Å². The van der Waals surface area contributed by atoms with Crippen molar-refractivity contribution in [3.8, 4) is 0 Å². The van der Waals surface area contributed by atoms with E-state index in [4.69, 9.17) is 15.2 Å². The number of carbonyl (C=O) groups excluding carboxylic acids is 1. The molecule has 0 aromatic rings. The number of hydrogen-bond acceptors (Lipinski definition) is 5. The Labute approximate surface area is 128 Å². The molecule has 5 nitrogen and oxygen atoms in total. The van der Waals surface area contributed by atoms with Gasteiger partial charge in [-0.1, -0.05) is 0 Å². The van der Waals surface area contributed by atoms with Crippen LogP contribution in [0.1, 0.15) is 46.0 Å². The van der Waals surface area contributed by atoms with Crippen LogP contribution in [0.5, 0.6) is 0 Å². The van der Waals surface area contributed by atoms with Gasteiger partial charge in [0.05, 0.1) is 13.2 Å². The summed E-state index contributed by atoms with van der Waals surface area (Å²) in [6, 6.07) is 0.917. The van der Waals surface area contributed by atoms with Crippen molar-refractivity contribution in [1.82, 2.24) is 4.90 Å². The first-order chi connectivity index (χ1) is 10.0.